The lowest BCUT2D eigenvalue weighted by Crippen LogP contribution is -2.38. The van der Waals surface area contributed by atoms with Gasteiger partial charge < -0.3 is 19.8 Å². The van der Waals surface area contributed by atoms with E-state index in [9.17, 15) is 14.4 Å². The van der Waals surface area contributed by atoms with Gasteiger partial charge in [0, 0.05) is 24.7 Å². The maximum Gasteiger partial charge on any atom is 0.340 e. The van der Waals surface area contributed by atoms with Crippen LogP contribution in [0.2, 0.25) is 0 Å². The fourth-order valence-electron chi connectivity index (χ4n) is 5.59. The summed E-state index contributed by atoms with van der Waals surface area (Å²) < 4.78 is 11.8. The van der Waals surface area contributed by atoms with Gasteiger partial charge in [-0.15, -0.1) is 0 Å². The Morgan fingerprint density at radius 1 is 1.27 bits per heavy atom. The number of nitrogens with one attached hydrogen (secondary N) is 3. The number of aromatic amines is 2. The highest BCUT2D eigenvalue weighted by atomic mass is 16.5. The zero-order valence-corrected chi connectivity index (χ0v) is 18.8. The van der Waals surface area contributed by atoms with Gasteiger partial charge in [0.15, 0.2) is 0 Å². The average Bonchev–Trinajstić information content (AvgIpc) is 3.43. The monoisotopic (exact) mass is 452 g/mol. The van der Waals surface area contributed by atoms with Crippen LogP contribution in [0.1, 0.15) is 47.2 Å². The molecule has 0 bridgehead atoms. The molecule has 2 aliphatic rings. The van der Waals surface area contributed by atoms with Crippen LogP contribution in [-0.2, 0) is 17.7 Å². The number of rotatable bonds is 6. The Morgan fingerprint density at radius 2 is 2.12 bits per heavy atom. The predicted octanol–water partition coefficient (Wildman–Crippen LogP) is 1.91. The summed E-state index contributed by atoms with van der Waals surface area (Å²) in [5.74, 6) is 1.16. The molecule has 3 aromatic rings. The molecule has 3 heterocycles. The quantitative estimate of drug-likeness (QED) is 0.492. The van der Waals surface area contributed by atoms with Crippen LogP contribution in [0.4, 0.5) is 0 Å². The Kier molecular flexibility index (Phi) is 5.57. The molecule has 33 heavy (non-hydrogen) atoms. The molecule has 1 fully saturated rings. The van der Waals surface area contributed by atoms with Gasteiger partial charge in [-0.05, 0) is 55.8 Å². The highest BCUT2D eigenvalue weighted by Crippen LogP contribution is 2.45. The number of nitrogens with zero attached hydrogens (tertiary/aromatic N) is 1. The fourth-order valence-corrected chi connectivity index (χ4v) is 5.59. The number of methoxy groups -OCH3 is 1. The number of esters is 1. The number of benzene rings is 1. The van der Waals surface area contributed by atoms with Crippen LogP contribution in [0.15, 0.2) is 34.0 Å². The molecular weight excluding hydrogens is 424 g/mol. The smallest absolute Gasteiger partial charge is 0.340 e. The Bertz CT molecular complexity index is 1320. The van der Waals surface area contributed by atoms with Crippen LogP contribution in [0.25, 0.3) is 11.0 Å². The molecule has 1 saturated heterocycles. The molecule has 3 atom stereocenters. The third-order valence-corrected chi connectivity index (χ3v) is 7.07. The van der Waals surface area contributed by atoms with E-state index in [1.807, 2.05) is 12.1 Å². The molecule has 1 aliphatic carbocycles. The SMILES string of the molecule is CCOC(=O)c1c[nH]c2[nH]c(=O)n(CCC3NC[C@@H]4CCc5c(OC)cccc5[C@H]34)c(=O)c12. The van der Waals surface area contributed by atoms with Crippen molar-refractivity contribution in [2.45, 2.75) is 44.7 Å². The van der Waals surface area contributed by atoms with E-state index in [-0.39, 0.29) is 35.8 Å². The summed E-state index contributed by atoms with van der Waals surface area (Å²) in [7, 11) is 1.70. The molecule has 1 aromatic carbocycles. The van der Waals surface area contributed by atoms with E-state index < -0.39 is 17.2 Å². The van der Waals surface area contributed by atoms with Crippen LogP contribution < -0.4 is 21.3 Å². The Balaban J connectivity index is 1.44. The molecule has 1 aliphatic heterocycles. The number of aromatic nitrogens is 3. The lowest BCUT2D eigenvalue weighted by atomic mass is 9.73. The van der Waals surface area contributed by atoms with Crippen molar-refractivity contribution in [2.24, 2.45) is 5.92 Å². The Morgan fingerprint density at radius 3 is 2.91 bits per heavy atom. The van der Waals surface area contributed by atoms with Gasteiger partial charge in [-0.1, -0.05) is 12.1 Å². The van der Waals surface area contributed by atoms with E-state index in [1.165, 1.54) is 21.9 Å². The van der Waals surface area contributed by atoms with Crippen LogP contribution in [0.3, 0.4) is 0 Å². The van der Waals surface area contributed by atoms with Crippen molar-refractivity contribution < 1.29 is 14.3 Å². The molecular formula is C24H28N4O5. The molecule has 9 nitrogen and oxygen atoms in total. The van der Waals surface area contributed by atoms with Crippen molar-refractivity contribution in [1.82, 2.24) is 19.9 Å². The molecule has 1 unspecified atom stereocenters. The highest BCUT2D eigenvalue weighted by molar-refractivity contribution is 6.02. The van der Waals surface area contributed by atoms with Gasteiger partial charge in [0.2, 0.25) is 0 Å². The summed E-state index contributed by atoms with van der Waals surface area (Å²) in [6, 6.07) is 6.34. The van der Waals surface area contributed by atoms with E-state index in [4.69, 9.17) is 9.47 Å². The first-order chi connectivity index (χ1) is 16.0. The van der Waals surface area contributed by atoms with Crippen LogP contribution in [0.5, 0.6) is 5.75 Å². The largest absolute Gasteiger partial charge is 0.496 e. The van der Waals surface area contributed by atoms with Gasteiger partial charge in [0.1, 0.15) is 11.4 Å². The van der Waals surface area contributed by atoms with Crippen molar-refractivity contribution >= 4 is 17.0 Å². The number of carbonyl (C=O) groups excluding carboxylic acids is 1. The lowest BCUT2D eigenvalue weighted by Gasteiger charge is -2.32. The number of H-pyrrole nitrogens is 2. The minimum atomic E-state index is -0.590. The van der Waals surface area contributed by atoms with Crippen LogP contribution >= 0.6 is 0 Å². The molecule has 0 spiro atoms. The van der Waals surface area contributed by atoms with Gasteiger partial charge in [0.05, 0.1) is 24.7 Å². The molecule has 0 amide bonds. The topological polar surface area (TPSA) is 118 Å². The van der Waals surface area contributed by atoms with Gasteiger partial charge in [0.25, 0.3) is 5.56 Å². The van der Waals surface area contributed by atoms with E-state index in [0.29, 0.717) is 18.3 Å². The summed E-state index contributed by atoms with van der Waals surface area (Å²) in [6.07, 6.45) is 4.10. The highest BCUT2D eigenvalue weighted by Gasteiger charge is 2.40. The molecule has 174 valence electrons. The van der Waals surface area contributed by atoms with Crippen molar-refractivity contribution in [2.75, 3.05) is 20.3 Å². The molecule has 0 radical (unpaired) electrons. The fraction of sp³-hybridized carbons (Fsp3) is 0.458. The molecule has 9 heteroatoms. The Labute approximate surface area is 190 Å². The Hall–Kier alpha value is -3.33. The van der Waals surface area contributed by atoms with E-state index in [1.54, 1.807) is 14.0 Å². The second-order valence-electron chi connectivity index (χ2n) is 8.72. The van der Waals surface area contributed by atoms with Crippen molar-refractivity contribution in [3.63, 3.8) is 0 Å². The van der Waals surface area contributed by atoms with Crippen molar-refractivity contribution in [3.8, 4) is 5.75 Å². The van der Waals surface area contributed by atoms with Crippen molar-refractivity contribution in [3.05, 3.63) is 61.9 Å². The summed E-state index contributed by atoms with van der Waals surface area (Å²) in [5, 5.41) is 3.77. The maximum absolute atomic E-state index is 13.2. The van der Waals surface area contributed by atoms with Gasteiger partial charge >= 0.3 is 11.7 Å². The number of hydrogen-bond donors (Lipinski definition) is 3. The maximum atomic E-state index is 13.2. The van der Waals surface area contributed by atoms with E-state index >= 15 is 0 Å². The average molecular weight is 453 g/mol. The summed E-state index contributed by atoms with van der Waals surface area (Å²) >= 11 is 0. The molecule has 5 rings (SSSR count). The molecule has 0 saturated carbocycles. The second kappa shape index (κ2) is 8.55. The lowest BCUT2D eigenvalue weighted by molar-refractivity contribution is 0.0528. The van der Waals surface area contributed by atoms with Gasteiger partial charge in [-0.2, -0.15) is 0 Å². The normalized spacial score (nSPS) is 21.6. The van der Waals surface area contributed by atoms with Crippen molar-refractivity contribution in [1.29, 1.82) is 0 Å². The van der Waals surface area contributed by atoms with Gasteiger partial charge in [-0.3, -0.25) is 14.3 Å². The minimum Gasteiger partial charge on any atom is -0.496 e. The summed E-state index contributed by atoms with van der Waals surface area (Å²) in [4.78, 5) is 43.6. The number of ether oxygens (including phenoxy) is 2. The standard InChI is InChI=1S/C24H28N4O5/c1-3-33-23(30)16-12-26-21-20(16)22(29)28(24(31)27-21)10-9-17-19-13(11-25-17)7-8-14-15(19)5-4-6-18(14)32-2/h4-6,12-13,17,19,25-26H,3,7-11H2,1-2H3,(H,27,31)/t13-,17?,19+/m0/s1. The number of carbonyl (C=O) groups is 1. The van der Waals surface area contributed by atoms with Crippen LogP contribution in [0, 0.1) is 5.92 Å². The van der Waals surface area contributed by atoms with Crippen LogP contribution in [-0.4, -0.2) is 46.8 Å². The zero-order chi connectivity index (χ0) is 23.1. The number of fused-ring (bicyclic) bond motifs is 4. The van der Waals surface area contributed by atoms with Gasteiger partial charge in [-0.25, -0.2) is 9.59 Å². The minimum absolute atomic E-state index is 0.134. The third kappa shape index (κ3) is 3.56. The first kappa shape index (κ1) is 21.5. The number of hydrogen-bond acceptors (Lipinski definition) is 6. The first-order valence-corrected chi connectivity index (χ1v) is 11.4. The predicted molar refractivity (Wildman–Crippen MR) is 123 cm³/mol. The summed E-state index contributed by atoms with van der Waals surface area (Å²) in [5.41, 5.74) is 1.94. The first-order valence-electron chi connectivity index (χ1n) is 11.4. The summed E-state index contributed by atoms with van der Waals surface area (Å²) in [6.45, 7) is 3.07. The zero-order valence-electron chi connectivity index (χ0n) is 18.8. The van der Waals surface area contributed by atoms with E-state index in [0.717, 1.165) is 25.1 Å². The molecule has 2 aromatic heterocycles. The second-order valence-corrected chi connectivity index (χ2v) is 8.72. The van der Waals surface area contributed by atoms with E-state index in [2.05, 4.69) is 21.4 Å². The molecule has 3 N–H and O–H groups in total. The third-order valence-electron chi connectivity index (χ3n) is 7.07.